The van der Waals surface area contributed by atoms with E-state index in [4.69, 9.17) is 4.74 Å². The molecule has 2 aromatic heterocycles. The van der Waals surface area contributed by atoms with Gasteiger partial charge in [0.05, 0.1) is 17.4 Å². The molecule has 7 heteroatoms. The van der Waals surface area contributed by atoms with Crippen molar-refractivity contribution in [1.82, 2.24) is 9.88 Å². The Balaban J connectivity index is 1.85. The Labute approximate surface area is 183 Å². The van der Waals surface area contributed by atoms with Crippen molar-refractivity contribution in [2.45, 2.75) is 58.1 Å². The second-order valence-corrected chi connectivity index (χ2v) is 10.2. The monoisotopic (exact) mass is 426 g/mol. The van der Waals surface area contributed by atoms with Crippen LogP contribution >= 0.6 is 11.3 Å². The number of fused-ring (bicyclic) bond motifs is 1. The van der Waals surface area contributed by atoms with Crippen LogP contribution in [0, 0.1) is 11.3 Å². The maximum Gasteiger partial charge on any atom is 0.410 e. The number of nitrogens with zero attached hydrogens (tertiary/aromatic N) is 4. The molecule has 0 spiro atoms. The lowest BCUT2D eigenvalue weighted by molar-refractivity contribution is 0.0294. The van der Waals surface area contributed by atoms with Crippen molar-refractivity contribution < 1.29 is 9.53 Å². The molecule has 6 nitrogen and oxygen atoms in total. The molecule has 2 aromatic rings. The molecule has 0 saturated carbocycles. The van der Waals surface area contributed by atoms with Gasteiger partial charge < -0.3 is 14.5 Å². The van der Waals surface area contributed by atoms with Gasteiger partial charge in [-0.1, -0.05) is 13.8 Å². The van der Waals surface area contributed by atoms with Gasteiger partial charge >= 0.3 is 6.09 Å². The summed E-state index contributed by atoms with van der Waals surface area (Å²) in [6.45, 7) is 11.3. The topological polar surface area (TPSA) is 69.5 Å². The maximum atomic E-state index is 12.4. The number of hydrogen-bond acceptors (Lipinski definition) is 6. The summed E-state index contributed by atoms with van der Waals surface area (Å²) in [6.07, 6.45) is 0.455. The maximum absolute atomic E-state index is 12.4. The van der Waals surface area contributed by atoms with Crippen LogP contribution in [0.25, 0.3) is 0 Å². The highest BCUT2D eigenvalue weighted by Gasteiger charge is 2.40. The highest BCUT2D eigenvalue weighted by atomic mass is 32.1. The van der Waals surface area contributed by atoms with Gasteiger partial charge in [-0.3, -0.25) is 0 Å². The number of amides is 1. The van der Waals surface area contributed by atoms with Crippen LogP contribution in [0.1, 0.15) is 64.0 Å². The third-order valence-corrected chi connectivity index (χ3v) is 5.95. The molecule has 0 radical (unpaired) electrons. The molecule has 30 heavy (non-hydrogen) atoms. The average Bonchev–Trinajstić information content (AvgIpc) is 3.27. The van der Waals surface area contributed by atoms with Crippen LogP contribution in [0.4, 0.5) is 10.5 Å². The highest BCUT2D eigenvalue weighted by Crippen LogP contribution is 2.44. The fraction of sp³-hybridized carbons (Fsp3) is 0.522. The van der Waals surface area contributed by atoms with E-state index in [0.717, 1.165) is 24.3 Å². The smallest absolute Gasteiger partial charge is 0.410 e. The van der Waals surface area contributed by atoms with Gasteiger partial charge in [0, 0.05) is 25.6 Å². The summed E-state index contributed by atoms with van der Waals surface area (Å²) in [7, 11) is 1.78. The summed E-state index contributed by atoms with van der Waals surface area (Å²) in [5, 5.41) is 13.5. The van der Waals surface area contributed by atoms with Crippen LogP contribution in [0.2, 0.25) is 0 Å². The van der Waals surface area contributed by atoms with Gasteiger partial charge in [0.15, 0.2) is 0 Å². The fourth-order valence-corrected chi connectivity index (χ4v) is 4.53. The molecule has 0 fully saturated rings. The Morgan fingerprint density at radius 1 is 1.40 bits per heavy atom. The number of anilines is 1. The third-order valence-electron chi connectivity index (χ3n) is 5.25. The number of rotatable bonds is 5. The van der Waals surface area contributed by atoms with Crippen molar-refractivity contribution in [3.05, 3.63) is 45.9 Å². The molecule has 0 bridgehead atoms. The van der Waals surface area contributed by atoms with Crippen molar-refractivity contribution in [2.24, 2.45) is 0 Å². The van der Waals surface area contributed by atoms with Crippen LogP contribution in [0.3, 0.4) is 0 Å². The molecule has 1 aliphatic heterocycles. The number of nitriles is 1. The first-order chi connectivity index (χ1) is 14.0. The van der Waals surface area contributed by atoms with E-state index in [2.05, 4.69) is 46.6 Å². The minimum Gasteiger partial charge on any atom is -0.444 e. The standard InChI is InChI=1S/C23H30N4O2S/c1-22(2,3)29-21(28)26(6)11-9-18(16-10-12-30-14-16)27-15-23(4,5)20-19(27)8-7-17(13-24)25-20/h7-8,10,12,14,18H,9,11,15H2,1-6H3. The minimum atomic E-state index is -0.514. The van der Waals surface area contributed by atoms with Crippen LogP contribution < -0.4 is 4.90 Å². The van der Waals surface area contributed by atoms with Crippen LogP contribution in [-0.4, -0.2) is 41.7 Å². The Morgan fingerprint density at radius 2 is 2.13 bits per heavy atom. The molecule has 1 unspecified atom stereocenters. The first-order valence-electron chi connectivity index (χ1n) is 10.2. The first kappa shape index (κ1) is 22.1. The van der Waals surface area contributed by atoms with E-state index in [1.807, 2.05) is 26.8 Å². The van der Waals surface area contributed by atoms with E-state index in [0.29, 0.717) is 12.2 Å². The number of pyridine rings is 1. The van der Waals surface area contributed by atoms with Crippen molar-refractivity contribution in [1.29, 1.82) is 5.26 Å². The molecule has 0 saturated heterocycles. The van der Waals surface area contributed by atoms with Gasteiger partial charge in [-0.05, 0) is 61.7 Å². The van der Waals surface area contributed by atoms with Crippen molar-refractivity contribution in [2.75, 3.05) is 25.0 Å². The molecule has 1 amide bonds. The van der Waals surface area contributed by atoms with Crippen LogP contribution in [-0.2, 0) is 10.2 Å². The average molecular weight is 427 g/mol. The number of ether oxygens (including phenoxy) is 1. The summed E-state index contributed by atoms with van der Waals surface area (Å²) in [6, 6.07) is 8.19. The van der Waals surface area contributed by atoms with E-state index in [1.165, 1.54) is 5.56 Å². The van der Waals surface area contributed by atoms with Crippen molar-refractivity contribution in [3.8, 4) is 6.07 Å². The second kappa shape index (κ2) is 8.27. The van der Waals surface area contributed by atoms with Gasteiger partial charge in [0.25, 0.3) is 0 Å². The van der Waals surface area contributed by atoms with Gasteiger partial charge in [0.1, 0.15) is 17.4 Å². The lowest BCUT2D eigenvalue weighted by atomic mass is 9.91. The molecular formula is C23H30N4O2S. The first-order valence-corrected chi connectivity index (χ1v) is 11.1. The van der Waals surface area contributed by atoms with Crippen molar-refractivity contribution >= 4 is 23.1 Å². The zero-order valence-corrected chi connectivity index (χ0v) is 19.4. The summed E-state index contributed by atoms with van der Waals surface area (Å²) in [5.41, 5.74) is 3.02. The number of carbonyl (C=O) groups excluding carboxylic acids is 1. The van der Waals surface area contributed by atoms with Gasteiger partial charge in [0.2, 0.25) is 0 Å². The zero-order chi connectivity index (χ0) is 22.1. The number of thiophene rings is 1. The molecule has 0 aliphatic carbocycles. The Morgan fingerprint density at radius 3 is 2.73 bits per heavy atom. The summed E-state index contributed by atoms with van der Waals surface area (Å²) in [5.74, 6) is 0. The molecule has 3 heterocycles. The van der Waals surface area contributed by atoms with E-state index in [1.54, 1.807) is 29.4 Å². The molecule has 1 atom stereocenters. The molecule has 160 valence electrons. The summed E-state index contributed by atoms with van der Waals surface area (Å²) < 4.78 is 5.50. The molecule has 1 aliphatic rings. The second-order valence-electron chi connectivity index (χ2n) is 9.45. The Kier molecular flexibility index (Phi) is 6.09. The SMILES string of the molecule is CN(CCC(c1ccsc1)N1CC(C)(C)c2nc(C#N)ccc21)C(=O)OC(C)(C)C. The number of hydrogen-bond donors (Lipinski definition) is 0. The molecule has 3 rings (SSSR count). The Bertz CT molecular complexity index is 941. The van der Waals surface area contributed by atoms with E-state index >= 15 is 0 Å². The van der Waals surface area contributed by atoms with Gasteiger partial charge in [-0.25, -0.2) is 9.78 Å². The predicted octanol–water partition coefficient (Wildman–Crippen LogP) is 5.11. The highest BCUT2D eigenvalue weighted by molar-refractivity contribution is 7.08. The number of carbonyl (C=O) groups is 1. The molecular weight excluding hydrogens is 396 g/mol. The van der Waals surface area contributed by atoms with Crippen LogP contribution in [0.15, 0.2) is 29.0 Å². The molecule has 0 N–H and O–H groups in total. The lowest BCUT2D eigenvalue weighted by Crippen LogP contribution is -2.37. The minimum absolute atomic E-state index is 0.108. The van der Waals surface area contributed by atoms with Gasteiger partial charge in [-0.15, -0.1) is 0 Å². The Hall–Kier alpha value is -2.59. The van der Waals surface area contributed by atoms with Gasteiger partial charge in [-0.2, -0.15) is 16.6 Å². The normalized spacial score (nSPS) is 16.0. The summed E-state index contributed by atoms with van der Waals surface area (Å²) in [4.78, 5) is 21.0. The predicted molar refractivity (Wildman–Crippen MR) is 120 cm³/mol. The van der Waals surface area contributed by atoms with E-state index in [-0.39, 0.29) is 17.6 Å². The zero-order valence-electron chi connectivity index (χ0n) is 18.6. The van der Waals surface area contributed by atoms with E-state index < -0.39 is 5.60 Å². The molecule has 0 aromatic carbocycles. The summed E-state index contributed by atoms with van der Waals surface area (Å²) >= 11 is 1.67. The third kappa shape index (κ3) is 4.76. The van der Waals surface area contributed by atoms with E-state index in [9.17, 15) is 10.1 Å². The lowest BCUT2D eigenvalue weighted by Gasteiger charge is -2.33. The quantitative estimate of drug-likeness (QED) is 0.664. The van der Waals surface area contributed by atoms with Crippen molar-refractivity contribution in [3.63, 3.8) is 0 Å². The van der Waals surface area contributed by atoms with Crippen LogP contribution in [0.5, 0.6) is 0 Å². The number of aromatic nitrogens is 1. The largest absolute Gasteiger partial charge is 0.444 e. The fourth-order valence-electron chi connectivity index (χ4n) is 3.82.